The minimum atomic E-state index is -0.830. The van der Waals surface area contributed by atoms with Gasteiger partial charge in [-0.15, -0.1) is 0 Å². The molecule has 1 rings (SSSR count). The first-order valence-corrected chi connectivity index (χ1v) is 7.10. The van der Waals surface area contributed by atoms with Crippen LogP contribution in [0.2, 0.25) is 0 Å². The number of carbonyl (C=O) groups excluding carboxylic acids is 2. The maximum absolute atomic E-state index is 12.3. The molecule has 6 nitrogen and oxygen atoms in total. The van der Waals surface area contributed by atoms with E-state index < -0.39 is 17.0 Å². The van der Waals surface area contributed by atoms with Gasteiger partial charge in [0.25, 0.3) is 0 Å². The average molecular weight is 285 g/mol. The fourth-order valence-electron chi connectivity index (χ4n) is 2.65. The minimum Gasteiger partial charge on any atom is -0.444 e. The van der Waals surface area contributed by atoms with Gasteiger partial charge in [0, 0.05) is 18.5 Å². The molecule has 0 radical (unpaired) electrons. The molecular formula is C14H27N3O3. The Hall–Kier alpha value is -1.30. The molecule has 1 aliphatic rings. The zero-order valence-electron chi connectivity index (χ0n) is 12.9. The first-order valence-electron chi connectivity index (χ1n) is 7.10. The average Bonchev–Trinajstić information content (AvgIpc) is 2.25. The Bertz CT molecular complexity index is 374. The molecule has 4 N–H and O–H groups in total. The number of piperidine rings is 1. The minimum absolute atomic E-state index is 0.0525. The molecule has 116 valence electrons. The van der Waals surface area contributed by atoms with Crippen molar-refractivity contribution in [3.63, 3.8) is 0 Å². The summed E-state index contributed by atoms with van der Waals surface area (Å²) in [6.07, 6.45) is 2.34. The van der Waals surface area contributed by atoms with Crippen LogP contribution in [-0.2, 0) is 9.53 Å². The fourth-order valence-corrected chi connectivity index (χ4v) is 2.65. The van der Waals surface area contributed by atoms with E-state index in [1.54, 1.807) is 11.8 Å². The summed E-state index contributed by atoms with van der Waals surface area (Å²) < 4.78 is 5.42. The summed E-state index contributed by atoms with van der Waals surface area (Å²) in [5, 5.41) is 0. The second-order valence-corrected chi connectivity index (χ2v) is 6.83. The molecule has 0 aliphatic carbocycles. The third kappa shape index (κ3) is 4.67. The van der Waals surface area contributed by atoms with Crippen LogP contribution in [0.4, 0.5) is 4.79 Å². The highest BCUT2D eigenvalue weighted by molar-refractivity contribution is 5.75. The van der Waals surface area contributed by atoms with Crippen molar-refractivity contribution in [2.75, 3.05) is 6.54 Å². The van der Waals surface area contributed by atoms with Crippen molar-refractivity contribution in [3.05, 3.63) is 0 Å². The number of hydrogen-bond donors (Lipinski definition) is 2. The lowest BCUT2D eigenvalue weighted by Crippen LogP contribution is -2.61. The van der Waals surface area contributed by atoms with Crippen LogP contribution >= 0.6 is 0 Å². The summed E-state index contributed by atoms with van der Waals surface area (Å²) in [7, 11) is 0. The van der Waals surface area contributed by atoms with E-state index in [1.165, 1.54) is 0 Å². The van der Waals surface area contributed by atoms with Crippen LogP contribution < -0.4 is 11.5 Å². The Morgan fingerprint density at radius 3 is 2.35 bits per heavy atom. The van der Waals surface area contributed by atoms with Gasteiger partial charge in [-0.3, -0.25) is 4.79 Å². The number of ether oxygens (including phenoxy) is 1. The summed E-state index contributed by atoms with van der Waals surface area (Å²) in [5.41, 5.74) is 10.1. The Labute approximate surface area is 120 Å². The highest BCUT2D eigenvalue weighted by Crippen LogP contribution is 2.28. The molecule has 2 unspecified atom stereocenters. The number of likely N-dealkylation sites (tertiary alicyclic amines) is 1. The number of amides is 2. The van der Waals surface area contributed by atoms with Crippen LogP contribution in [0.1, 0.15) is 53.4 Å². The summed E-state index contributed by atoms with van der Waals surface area (Å²) in [6.45, 7) is 7.86. The van der Waals surface area contributed by atoms with E-state index in [4.69, 9.17) is 16.2 Å². The van der Waals surface area contributed by atoms with Gasteiger partial charge in [0.2, 0.25) is 5.91 Å². The first-order chi connectivity index (χ1) is 9.03. The van der Waals surface area contributed by atoms with Crippen molar-refractivity contribution < 1.29 is 14.3 Å². The summed E-state index contributed by atoms with van der Waals surface area (Å²) in [5.74, 6) is -0.454. The predicted molar refractivity (Wildman–Crippen MR) is 77.0 cm³/mol. The third-order valence-corrected chi connectivity index (χ3v) is 3.45. The van der Waals surface area contributed by atoms with Crippen molar-refractivity contribution in [2.24, 2.45) is 11.5 Å². The number of nitrogens with two attached hydrogens (primary N) is 2. The number of rotatable bonds is 3. The van der Waals surface area contributed by atoms with Gasteiger partial charge in [0.1, 0.15) is 5.60 Å². The number of nitrogens with zero attached hydrogens (tertiary/aromatic N) is 1. The number of hydrogen-bond acceptors (Lipinski definition) is 4. The molecule has 1 fully saturated rings. The maximum atomic E-state index is 12.3. The summed E-state index contributed by atoms with van der Waals surface area (Å²) >= 11 is 0. The van der Waals surface area contributed by atoms with Crippen LogP contribution in [0.15, 0.2) is 0 Å². The SMILES string of the molecule is CC(C)(C)OC(=O)N1CCCCC1C(C)(N)CC(N)=O. The monoisotopic (exact) mass is 285 g/mol. The van der Waals surface area contributed by atoms with Crippen LogP contribution in [-0.4, -0.2) is 40.6 Å². The molecule has 6 heteroatoms. The number of primary amides is 1. The van der Waals surface area contributed by atoms with Crippen LogP contribution in [0.3, 0.4) is 0 Å². The lowest BCUT2D eigenvalue weighted by Gasteiger charge is -2.44. The zero-order valence-corrected chi connectivity index (χ0v) is 12.9. The normalized spacial score (nSPS) is 23.1. The van der Waals surface area contributed by atoms with E-state index in [2.05, 4.69) is 0 Å². The Morgan fingerprint density at radius 2 is 1.85 bits per heavy atom. The van der Waals surface area contributed by atoms with Gasteiger partial charge < -0.3 is 21.1 Å². The lowest BCUT2D eigenvalue weighted by molar-refractivity contribution is -0.119. The molecule has 20 heavy (non-hydrogen) atoms. The van der Waals surface area contributed by atoms with Crippen molar-refractivity contribution in [1.29, 1.82) is 0 Å². The lowest BCUT2D eigenvalue weighted by atomic mass is 9.83. The van der Waals surface area contributed by atoms with Crippen molar-refractivity contribution >= 4 is 12.0 Å². The molecule has 0 aromatic rings. The second kappa shape index (κ2) is 5.99. The van der Waals surface area contributed by atoms with E-state index in [1.807, 2.05) is 20.8 Å². The molecule has 1 saturated heterocycles. The van der Waals surface area contributed by atoms with Gasteiger partial charge in [-0.25, -0.2) is 4.79 Å². The van der Waals surface area contributed by atoms with Crippen molar-refractivity contribution in [2.45, 2.75) is 70.6 Å². The maximum Gasteiger partial charge on any atom is 0.410 e. The van der Waals surface area contributed by atoms with E-state index in [-0.39, 0.29) is 18.6 Å². The Balaban J connectivity index is 2.86. The largest absolute Gasteiger partial charge is 0.444 e. The van der Waals surface area contributed by atoms with Gasteiger partial charge >= 0.3 is 6.09 Å². The third-order valence-electron chi connectivity index (χ3n) is 3.45. The fraction of sp³-hybridized carbons (Fsp3) is 0.857. The predicted octanol–water partition coefficient (Wildman–Crippen LogP) is 1.37. The van der Waals surface area contributed by atoms with Gasteiger partial charge in [-0.2, -0.15) is 0 Å². The molecule has 0 bridgehead atoms. The molecule has 0 aromatic carbocycles. The van der Waals surface area contributed by atoms with Crippen LogP contribution in [0.25, 0.3) is 0 Å². The van der Waals surface area contributed by atoms with E-state index in [0.29, 0.717) is 6.54 Å². The Kier molecular flexibility index (Phi) is 5.02. The first kappa shape index (κ1) is 16.8. The van der Waals surface area contributed by atoms with E-state index >= 15 is 0 Å². The van der Waals surface area contributed by atoms with Crippen LogP contribution in [0.5, 0.6) is 0 Å². The molecule has 2 amide bonds. The van der Waals surface area contributed by atoms with Crippen molar-refractivity contribution in [3.8, 4) is 0 Å². The highest BCUT2D eigenvalue weighted by atomic mass is 16.6. The molecule has 0 saturated carbocycles. The topological polar surface area (TPSA) is 98.7 Å². The van der Waals surface area contributed by atoms with Crippen LogP contribution in [0, 0.1) is 0 Å². The van der Waals surface area contributed by atoms with Crippen molar-refractivity contribution in [1.82, 2.24) is 4.90 Å². The Morgan fingerprint density at radius 1 is 1.25 bits per heavy atom. The van der Waals surface area contributed by atoms with Gasteiger partial charge in [0.15, 0.2) is 0 Å². The molecule has 2 atom stereocenters. The molecule has 0 spiro atoms. The summed E-state index contributed by atoms with van der Waals surface area (Å²) in [6, 6.07) is -0.224. The second-order valence-electron chi connectivity index (χ2n) is 6.83. The molecule has 0 aromatic heterocycles. The molecule has 1 heterocycles. The zero-order chi connectivity index (χ0) is 15.6. The quantitative estimate of drug-likeness (QED) is 0.818. The molecule has 1 aliphatic heterocycles. The van der Waals surface area contributed by atoms with E-state index in [0.717, 1.165) is 19.3 Å². The smallest absolute Gasteiger partial charge is 0.410 e. The summed E-state index contributed by atoms with van der Waals surface area (Å²) in [4.78, 5) is 25.1. The van der Waals surface area contributed by atoms with Gasteiger partial charge in [-0.1, -0.05) is 0 Å². The van der Waals surface area contributed by atoms with E-state index in [9.17, 15) is 9.59 Å². The molecular weight excluding hydrogens is 258 g/mol. The highest BCUT2D eigenvalue weighted by Gasteiger charge is 2.41. The standard InChI is InChI=1S/C14H27N3O3/c1-13(2,3)20-12(19)17-8-6-5-7-10(17)14(4,16)9-11(15)18/h10H,5-9,16H2,1-4H3,(H2,15,18). The van der Waals surface area contributed by atoms with Gasteiger partial charge in [-0.05, 0) is 47.0 Å². The number of carbonyl (C=O) groups is 2. The van der Waals surface area contributed by atoms with Gasteiger partial charge in [0.05, 0.1) is 6.04 Å².